The monoisotopic (exact) mass is 226 g/mol. The van der Waals surface area contributed by atoms with Crippen molar-refractivity contribution in [1.29, 1.82) is 0 Å². The van der Waals surface area contributed by atoms with Crippen LogP contribution in [0.5, 0.6) is 0 Å². The molecule has 0 aromatic rings. The van der Waals surface area contributed by atoms with Crippen molar-refractivity contribution < 1.29 is 0 Å². The summed E-state index contributed by atoms with van der Waals surface area (Å²) in [4.78, 5) is 0. The lowest BCUT2D eigenvalue weighted by Crippen LogP contribution is -2.27. The van der Waals surface area contributed by atoms with Crippen LogP contribution in [0.25, 0.3) is 0 Å². The summed E-state index contributed by atoms with van der Waals surface area (Å²) >= 11 is 0. The van der Waals surface area contributed by atoms with E-state index in [0.29, 0.717) is 12.1 Å². The molecule has 2 N–H and O–H groups in total. The van der Waals surface area contributed by atoms with Gasteiger partial charge in [0.2, 0.25) is 0 Å². The van der Waals surface area contributed by atoms with Gasteiger partial charge in [0.25, 0.3) is 0 Å². The maximum Gasteiger partial charge on any atom is 0.0137 e. The molecule has 0 aliphatic carbocycles. The predicted molar refractivity (Wildman–Crippen MR) is 73.9 cm³/mol. The molecule has 0 saturated carbocycles. The van der Waals surface area contributed by atoms with Crippen LogP contribution in [0, 0.1) is 0 Å². The summed E-state index contributed by atoms with van der Waals surface area (Å²) in [5.41, 5.74) is 0. The van der Waals surface area contributed by atoms with Crippen LogP contribution in [-0.2, 0) is 0 Å². The molecule has 0 amide bonds. The summed E-state index contributed by atoms with van der Waals surface area (Å²) in [5.74, 6) is 0. The van der Waals surface area contributed by atoms with Crippen molar-refractivity contribution >= 4 is 0 Å². The number of hydrogen-bond acceptors (Lipinski definition) is 2. The molecule has 2 unspecified atom stereocenters. The summed E-state index contributed by atoms with van der Waals surface area (Å²) in [6.07, 6.45) is 9.48. The highest BCUT2D eigenvalue weighted by Gasteiger charge is 1.97. The maximum atomic E-state index is 3.48. The fourth-order valence-electron chi connectivity index (χ4n) is 1.78. The van der Waals surface area contributed by atoms with E-state index < -0.39 is 0 Å². The molecule has 0 radical (unpaired) electrons. The summed E-state index contributed by atoms with van der Waals surface area (Å²) in [6, 6.07) is 1.28. The topological polar surface area (TPSA) is 24.1 Å². The number of nitrogens with one attached hydrogen (secondary N) is 2. The molecule has 0 aliphatic heterocycles. The molecule has 2 atom stereocenters. The molecule has 0 rings (SSSR count). The van der Waals surface area contributed by atoms with Crippen molar-refractivity contribution in [2.45, 2.75) is 65.5 Å². The average molecular weight is 226 g/mol. The smallest absolute Gasteiger partial charge is 0.0137 e. The highest BCUT2D eigenvalue weighted by atomic mass is 14.9. The largest absolute Gasteiger partial charge is 0.311 e. The highest BCUT2D eigenvalue weighted by Crippen LogP contribution is 1.94. The lowest BCUT2D eigenvalue weighted by molar-refractivity contribution is 0.530. The van der Waals surface area contributed by atoms with Gasteiger partial charge in [0.05, 0.1) is 0 Å². The lowest BCUT2D eigenvalue weighted by Gasteiger charge is -2.11. The van der Waals surface area contributed by atoms with Gasteiger partial charge < -0.3 is 10.6 Å². The van der Waals surface area contributed by atoms with Crippen LogP contribution in [-0.4, -0.2) is 25.2 Å². The Morgan fingerprint density at radius 2 is 1.19 bits per heavy atom. The van der Waals surface area contributed by atoms with Crippen molar-refractivity contribution in [2.24, 2.45) is 0 Å². The summed E-state index contributed by atoms with van der Waals surface area (Å²) in [7, 11) is 0. The lowest BCUT2D eigenvalue weighted by atomic mass is 10.2. The van der Waals surface area contributed by atoms with Crippen molar-refractivity contribution in [3.05, 3.63) is 12.2 Å². The maximum absolute atomic E-state index is 3.48. The molecule has 0 heterocycles. The van der Waals surface area contributed by atoms with Crippen LogP contribution in [0.3, 0.4) is 0 Å². The third kappa shape index (κ3) is 10.2. The molecule has 0 aromatic heterocycles. The zero-order valence-electron chi connectivity index (χ0n) is 11.6. The summed E-state index contributed by atoms with van der Waals surface area (Å²) < 4.78 is 0. The van der Waals surface area contributed by atoms with Crippen molar-refractivity contribution in [1.82, 2.24) is 10.6 Å². The second-order valence-corrected chi connectivity index (χ2v) is 4.67. The molecule has 96 valence electrons. The molecular weight excluding hydrogens is 196 g/mol. The summed E-state index contributed by atoms with van der Waals surface area (Å²) in [6.45, 7) is 10.9. The van der Waals surface area contributed by atoms with Gasteiger partial charge in [-0.25, -0.2) is 0 Å². The Balaban J connectivity index is 3.34. The second kappa shape index (κ2) is 11.2. The van der Waals surface area contributed by atoms with E-state index in [1.54, 1.807) is 0 Å². The minimum atomic E-state index is 0.640. The standard InChI is InChI=1S/C14H30N2/c1-5-9-13(3)15-11-7-8-12-16-14(4)10-6-2/h7-8,13-16H,5-6,9-12H2,1-4H3/b8-7+. The Labute approximate surface area is 102 Å². The van der Waals surface area contributed by atoms with Crippen LogP contribution in [0.15, 0.2) is 12.2 Å². The van der Waals surface area contributed by atoms with Gasteiger partial charge >= 0.3 is 0 Å². The fraction of sp³-hybridized carbons (Fsp3) is 0.857. The first-order valence-electron chi connectivity index (χ1n) is 6.82. The Kier molecular flexibility index (Phi) is 10.9. The van der Waals surface area contributed by atoms with Gasteiger partial charge in [0.15, 0.2) is 0 Å². The van der Waals surface area contributed by atoms with Crippen LogP contribution < -0.4 is 10.6 Å². The second-order valence-electron chi connectivity index (χ2n) is 4.67. The normalized spacial score (nSPS) is 15.5. The number of rotatable bonds is 10. The van der Waals surface area contributed by atoms with Gasteiger partial charge in [-0.1, -0.05) is 38.8 Å². The van der Waals surface area contributed by atoms with Gasteiger partial charge in [-0.2, -0.15) is 0 Å². The Bertz CT molecular complexity index is 148. The Morgan fingerprint density at radius 3 is 1.50 bits per heavy atom. The van der Waals surface area contributed by atoms with Gasteiger partial charge in [0.1, 0.15) is 0 Å². The van der Waals surface area contributed by atoms with E-state index in [-0.39, 0.29) is 0 Å². The molecule has 0 saturated heterocycles. The Morgan fingerprint density at radius 1 is 0.812 bits per heavy atom. The Hall–Kier alpha value is -0.340. The number of hydrogen-bond donors (Lipinski definition) is 2. The predicted octanol–water partition coefficient (Wildman–Crippen LogP) is 3.10. The molecule has 0 bridgehead atoms. The molecule has 2 nitrogen and oxygen atoms in total. The van der Waals surface area contributed by atoms with E-state index in [9.17, 15) is 0 Å². The molecule has 0 aromatic carbocycles. The third-order valence-electron chi connectivity index (χ3n) is 2.78. The van der Waals surface area contributed by atoms with E-state index >= 15 is 0 Å². The van der Waals surface area contributed by atoms with Crippen molar-refractivity contribution in [3.8, 4) is 0 Å². The minimum absolute atomic E-state index is 0.640. The third-order valence-corrected chi connectivity index (χ3v) is 2.78. The average Bonchev–Trinajstić information content (AvgIpc) is 2.24. The fourth-order valence-corrected chi connectivity index (χ4v) is 1.78. The van der Waals surface area contributed by atoms with Gasteiger partial charge in [-0.15, -0.1) is 0 Å². The molecule has 0 aliphatic rings. The first kappa shape index (κ1) is 15.7. The van der Waals surface area contributed by atoms with Gasteiger partial charge in [-0.3, -0.25) is 0 Å². The quantitative estimate of drug-likeness (QED) is 0.559. The van der Waals surface area contributed by atoms with Gasteiger partial charge in [-0.05, 0) is 26.7 Å². The van der Waals surface area contributed by atoms with Crippen LogP contribution in [0.1, 0.15) is 53.4 Å². The first-order valence-corrected chi connectivity index (χ1v) is 6.82. The van der Waals surface area contributed by atoms with E-state index in [0.717, 1.165) is 13.1 Å². The highest BCUT2D eigenvalue weighted by molar-refractivity contribution is 4.87. The molecule has 0 spiro atoms. The first-order chi connectivity index (χ1) is 7.70. The van der Waals surface area contributed by atoms with E-state index in [1.807, 2.05) is 0 Å². The minimum Gasteiger partial charge on any atom is -0.311 e. The van der Waals surface area contributed by atoms with Crippen molar-refractivity contribution in [2.75, 3.05) is 13.1 Å². The molecular formula is C14H30N2. The van der Waals surface area contributed by atoms with Crippen LogP contribution in [0.2, 0.25) is 0 Å². The van der Waals surface area contributed by atoms with E-state index in [2.05, 4.69) is 50.5 Å². The zero-order chi connectivity index (χ0) is 12.2. The van der Waals surface area contributed by atoms with E-state index in [4.69, 9.17) is 0 Å². The molecule has 2 heteroatoms. The SMILES string of the molecule is CCCC(C)NC/C=C/CNC(C)CCC. The molecule has 0 fully saturated rings. The van der Waals surface area contributed by atoms with Crippen molar-refractivity contribution in [3.63, 3.8) is 0 Å². The summed E-state index contributed by atoms with van der Waals surface area (Å²) in [5, 5.41) is 6.96. The molecule has 16 heavy (non-hydrogen) atoms. The zero-order valence-corrected chi connectivity index (χ0v) is 11.6. The van der Waals surface area contributed by atoms with E-state index in [1.165, 1.54) is 25.7 Å². The van der Waals surface area contributed by atoms with Gasteiger partial charge in [0, 0.05) is 25.2 Å². The van der Waals surface area contributed by atoms with Crippen LogP contribution >= 0.6 is 0 Å². The van der Waals surface area contributed by atoms with Crippen LogP contribution in [0.4, 0.5) is 0 Å².